The lowest BCUT2D eigenvalue weighted by atomic mass is 10.1. The molecular weight excluding hydrogens is 350 g/mol. The summed E-state index contributed by atoms with van der Waals surface area (Å²) in [4.78, 5) is 24.2. The van der Waals surface area contributed by atoms with Gasteiger partial charge in [0.15, 0.2) is 0 Å². The van der Waals surface area contributed by atoms with Gasteiger partial charge in [0.1, 0.15) is 0 Å². The summed E-state index contributed by atoms with van der Waals surface area (Å²) >= 11 is 6.08. The van der Waals surface area contributed by atoms with Crippen LogP contribution < -0.4 is 16.0 Å². The molecule has 0 aliphatic heterocycles. The van der Waals surface area contributed by atoms with Gasteiger partial charge in [-0.15, -0.1) is 0 Å². The Hall–Kier alpha value is -2.53. The molecule has 0 unspecified atom stereocenters. The second kappa shape index (κ2) is 7.79. The largest absolute Gasteiger partial charge is 0.376 e. The standard InChI is InChI=1S/C20H22ClN3O2/c1-12-15(21)5-3-7-17(12)23-19(25)11-22-16-6-4-8-18(13(16)2)24-20(26)14-9-10-14/h3-8,14,22H,9-11H2,1-2H3,(H,23,25)(H,24,26). The van der Waals surface area contributed by atoms with Gasteiger partial charge < -0.3 is 16.0 Å². The quantitative estimate of drug-likeness (QED) is 0.706. The number of hydrogen-bond acceptors (Lipinski definition) is 3. The molecule has 0 saturated heterocycles. The number of benzene rings is 2. The minimum absolute atomic E-state index is 0.0689. The first kappa shape index (κ1) is 18.3. The fourth-order valence-corrected chi connectivity index (χ4v) is 2.83. The molecule has 1 saturated carbocycles. The summed E-state index contributed by atoms with van der Waals surface area (Å²) in [5.74, 6) is 0.0549. The summed E-state index contributed by atoms with van der Waals surface area (Å²) in [5.41, 5.74) is 4.04. The van der Waals surface area contributed by atoms with Gasteiger partial charge in [-0.3, -0.25) is 9.59 Å². The first-order valence-electron chi connectivity index (χ1n) is 8.65. The van der Waals surface area contributed by atoms with E-state index in [0.29, 0.717) is 10.7 Å². The second-order valence-corrected chi connectivity index (χ2v) is 6.96. The van der Waals surface area contributed by atoms with Crippen molar-refractivity contribution in [3.05, 3.63) is 52.5 Å². The molecule has 2 aromatic carbocycles. The van der Waals surface area contributed by atoms with Crippen LogP contribution in [0.1, 0.15) is 24.0 Å². The molecule has 6 heteroatoms. The van der Waals surface area contributed by atoms with Crippen LogP contribution in [-0.2, 0) is 9.59 Å². The normalized spacial score (nSPS) is 13.2. The molecule has 0 heterocycles. The van der Waals surface area contributed by atoms with Gasteiger partial charge in [0, 0.05) is 28.0 Å². The number of halogens is 1. The molecule has 0 aromatic heterocycles. The van der Waals surface area contributed by atoms with Crippen LogP contribution in [0.2, 0.25) is 5.02 Å². The third-order valence-electron chi connectivity index (χ3n) is 4.52. The predicted molar refractivity (Wildman–Crippen MR) is 106 cm³/mol. The van der Waals surface area contributed by atoms with Gasteiger partial charge in [-0.1, -0.05) is 23.7 Å². The van der Waals surface area contributed by atoms with E-state index in [4.69, 9.17) is 11.6 Å². The van der Waals surface area contributed by atoms with E-state index in [-0.39, 0.29) is 24.3 Å². The summed E-state index contributed by atoms with van der Waals surface area (Å²) in [5, 5.41) is 9.56. The van der Waals surface area contributed by atoms with Crippen molar-refractivity contribution in [1.29, 1.82) is 0 Å². The Kier molecular flexibility index (Phi) is 5.47. The summed E-state index contributed by atoms with van der Waals surface area (Å²) in [6.07, 6.45) is 1.93. The zero-order valence-electron chi connectivity index (χ0n) is 14.9. The first-order chi connectivity index (χ1) is 12.5. The van der Waals surface area contributed by atoms with Crippen molar-refractivity contribution >= 4 is 40.5 Å². The van der Waals surface area contributed by atoms with Gasteiger partial charge in [0.05, 0.1) is 6.54 Å². The van der Waals surface area contributed by atoms with Crippen LogP contribution in [0, 0.1) is 19.8 Å². The highest BCUT2D eigenvalue weighted by Crippen LogP contribution is 2.31. The molecule has 2 amide bonds. The van der Waals surface area contributed by atoms with Crippen LogP contribution in [-0.4, -0.2) is 18.4 Å². The molecular formula is C20H22ClN3O2. The zero-order valence-corrected chi connectivity index (χ0v) is 15.6. The summed E-state index contributed by atoms with van der Waals surface area (Å²) < 4.78 is 0. The van der Waals surface area contributed by atoms with Crippen LogP contribution in [0.4, 0.5) is 17.1 Å². The molecule has 1 fully saturated rings. The van der Waals surface area contributed by atoms with Crippen molar-refractivity contribution in [3.8, 4) is 0 Å². The lowest BCUT2D eigenvalue weighted by Crippen LogP contribution is -2.22. The first-order valence-corrected chi connectivity index (χ1v) is 9.03. The van der Waals surface area contributed by atoms with Crippen molar-refractivity contribution < 1.29 is 9.59 Å². The molecule has 1 aliphatic carbocycles. The van der Waals surface area contributed by atoms with Crippen LogP contribution in [0.25, 0.3) is 0 Å². The Morgan fingerprint density at radius 1 is 0.962 bits per heavy atom. The number of carbonyl (C=O) groups is 2. The van der Waals surface area contributed by atoms with Crippen LogP contribution in [0.5, 0.6) is 0 Å². The lowest BCUT2D eigenvalue weighted by molar-refractivity contribution is -0.117. The maximum Gasteiger partial charge on any atom is 0.243 e. The Balaban J connectivity index is 1.61. The highest BCUT2D eigenvalue weighted by Gasteiger charge is 2.29. The monoisotopic (exact) mass is 371 g/mol. The van der Waals surface area contributed by atoms with E-state index in [1.807, 2.05) is 38.1 Å². The zero-order chi connectivity index (χ0) is 18.7. The SMILES string of the molecule is Cc1c(Cl)cccc1NC(=O)CNc1cccc(NC(=O)C2CC2)c1C. The number of anilines is 3. The lowest BCUT2D eigenvalue weighted by Gasteiger charge is -2.15. The van der Waals surface area contributed by atoms with E-state index in [2.05, 4.69) is 16.0 Å². The van der Waals surface area contributed by atoms with E-state index in [0.717, 1.165) is 35.3 Å². The Labute approximate surface area is 158 Å². The third-order valence-corrected chi connectivity index (χ3v) is 4.93. The van der Waals surface area contributed by atoms with Crippen molar-refractivity contribution in [2.45, 2.75) is 26.7 Å². The van der Waals surface area contributed by atoms with Gasteiger partial charge in [-0.05, 0) is 62.1 Å². The molecule has 0 bridgehead atoms. The van der Waals surface area contributed by atoms with Crippen molar-refractivity contribution in [1.82, 2.24) is 0 Å². The minimum Gasteiger partial charge on any atom is -0.376 e. The average Bonchev–Trinajstić information content (AvgIpc) is 3.45. The van der Waals surface area contributed by atoms with E-state index in [9.17, 15) is 9.59 Å². The topological polar surface area (TPSA) is 70.2 Å². The predicted octanol–water partition coefficient (Wildman–Crippen LogP) is 4.36. The van der Waals surface area contributed by atoms with Crippen LogP contribution in [0.3, 0.4) is 0 Å². The Morgan fingerprint density at radius 2 is 1.58 bits per heavy atom. The molecule has 2 aromatic rings. The molecule has 0 spiro atoms. The van der Waals surface area contributed by atoms with E-state index in [1.54, 1.807) is 12.1 Å². The summed E-state index contributed by atoms with van der Waals surface area (Å²) in [7, 11) is 0. The maximum absolute atomic E-state index is 12.2. The molecule has 26 heavy (non-hydrogen) atoms. The van der Waals surface area contributed by atoms with Gasteiger partial charge in [0.25, 0.3) is 0 Å². The fourth-order valence-electron chi connectivity index (χ4n) is 2.66. The maximum atomic E-state index is 12.2. The van der Waals surface area contributed by atoms with E-state index >= 15 is 0 Å². The Morgan fingerprint density at radius 3 is 2.27 bits per heavy atom. The third kappa shape index (κ3) is 4.35. The van der Waals surface area contributed by atoms with Gasteiger partial charge in [-0.2, -0.15) is 0 Å². The highest BCUT2D eigenvalue weighted by molar-refractivity contribution is 6.31. The van der Waals surface area contributed by atoms with Crippen LogP contribution in [0.15, 0.2) is 36.4 Å². The molecule has 3 rings (SSSR count). The smallest absolute Gasteiger partial charge is 0.243 e. The number of nitrogens with one attached hydrogen (secondary N) is 3. The minimum atomic E-state index is -0.165. The van der Waals surface area contributed by atoms with E-state index < -0.39 is 0 Å². The van der Waals surface area contributed by atoms with Crippen LogP contribution >= 0.6 is 11.6 Å². The number of carbonyl (C=O) groups excluding carboxylic acids is 2. The molecule has 0 atom stereocenters. The average molecular weight is 372 g/mol. The Bertz CT molecular complexity index is 847. The fraction of sp³-hybridized carbons (Fsp3) is 0.300. The van der Waals surface area contributed by atoms with Crippen molar-refractivity contribution in [2.24, 2.45) is 5.92 Å². The molecule has 5 nitrogen and oxygen atoms in total. The summed E-state index contributed by atoms with van der Waals surface area (Å²) in [6, 6.07) is 11.0. The second-order valence-electron chi connectivity index (χ2n) is 6.56. The van der Waals surface area contributed by atoms with Gasteiger partial charge >= 0.3 is 0 Å². The van der Waals surface area contributed by atoms with Gasteiger partial charge in [-0.25, -0.2) is 0 Å². The van der Waals surface area contributed by atoms with Crippen molar-refractivity contribution in [2.75, 3.05) is 22.5 Å². The van der Waals surface area contributed by atoms with Gasteiger partial charge in [0.2, 0.25) is 11.8 Å². The van der Waals surface area contributed by atoms with Crippen molar-refractivity contribution in [3.63, 3.8) is 0 Å². The summed E-state index contributed by atoms with van der Waals surface area (Å²) in [6.45, 7) is 3.90. The number of amides is 2. The molecule has 0 radical (unpaired) electrons. The highest BCUT2D eigenvalue weighted by atomic mass is 35.5. The van der Waals surface area contributed by atoms with E-state index in [1.165, 1.54) is 0 Å². The molecule has 3 N–H and O–H groups in total. The number of rotatable bonds is 6. The molecule has 136 valence electrons. The molecule has 1 aliphatic rings. The number of hydrogen-bond donors (Lipinski definition) is 3.